The van der Waals surface area contributed by atoms with Crippen molar-refractivity contribution in [2.45, 2.75) is 38.6 Å². The van der Waals surface area contributed by atoms with Gasteiger partial charge in [0.1, 0.15) is 6.04 Å². The van der Waals surface area contributed by atoms with Crippen molar-refractivity contribution >= 4 is 41.8 Å². The molecule has 0 saturated carbocycles. The average molecular weight is 386 g/mol. The van der Waals surface area contributed by atoms with Crippen LogP contribution in [-0.4, -0.2) is 42.4 Å². The van der Waals surface area contributed by atoms with Crippen LogP contribution in [0.25, 0.3) is 6.08 Å². The van der Waals surface area contributed by atoms with Crippen molar-refractivity contribution in [3.63, 3.8) is 0 Å². The van der Waals surface area contributed by atoms with Crippen LogP contribution in [0.4, 0.5) is 0 Å². The van der Waals surface area contributed by atoms with E-state index < -0.39 is 0 Å². The monoisotopic (exact) mass is 385 g/mol. The van der Waals surface area contributed by atoms with E-state index in [0.29, 0.717) is 24.6 Å². The Kier molecular flexibility index (Phi) is 9.79. The first-order valence-electron chi connectivity index (χ1n) is 8.47. The first-order valence-corrected chi connectivity index (χ1v) is 8.85. The molecule has 1 aromatic rings. The number of likely N-dealkylation sites (tertiary alicyclic amines) is 1. The first kappa shape index (κ1) is 21.7. The molecule has 0 radical (unpaired) electrons. The normalized spacial score (nSPS) is 17.9. The number of carbonyl (C=O) groups excluding carboxylic acids is 2. The number of esters is 1. The van der Waals surface area contributed by atoms with E-state index in [-0.39, 0.29) is 30.2 Å². The lowest BCUT2D eigenvalue weighted by molar-refractivity contribution is -0.151. The fourth-order valence-electron chi connectivity index (χ4n) is 2.86. The Morgan fingerprint density at radius 1 is 1.28 bits per heavy atom. The van der Waals surface area contributed by atoms with Gasteiger partial charge in [0.2, 0.25) is 0 Å². The molecule has 1 aromatic carbocycles. The van der Waals surface area contributed by atoms with E-state index in [0.717, 1.165) is 31.4 Å². The molecule has 138 valence electrons. The number of ether oxygens (including phenoxy) is 1. The molecule has 1 aliphatic heterocycles. The minimum absolute atomic E-state index is 0. The second kappa shape index (κ2) is 11.3. The second-order valence-electron chi connectivity index (χ2n) is 5.90. The Morgan fingerprint density at radius 3 is 2.68 bits per heavy atom. The Hall–Kier alpha value is -1.36. The van der Waals surface area contributed by atoms with Crippen LogP contribution < -0.4 is 0 Å². The van der Waals surface area contributed by atoms with Crippen molar-refractivity contribution < 1.29 is 14.3 Å². The van der Waals surface area contributed by atoms with Gasteiger partial charge in [0, 0.05) is 18.0 Å². The fourth-order valence-corrected chi connectivity index (χ4v) is 2.99. The number of carbonyl (C=O) groups is 2. The van der Waals surface area contributed by atoms with Crippen LogP contribution in [0.5, 0.6) is 0 Å². The van der Waals surface area contributed by atoms with E-state index in [1.165, 1.54) is 0 Å². The summed E-state index contributed by atoms with van der Waals surface area (Å²) in [5.41, 5.74) is 0.940. The molecule has 25 heavy (non-hydrogen) atoms. The zero-order valence-corrected chi connectivity index (χ0v) is 16.0. The van der Waals surface area contributed by atoms with Crippen LogP contribution in [0.2, 0.25) is 5.02 Å². The molecule has 0 spiro atoms. The highest BCUT2D eigenvalue weighted by molar-refractivity contribution is 6.30. The van der Waals surface area contributed by atoms with Crippen molar-refractivity contribution in [2.24, 2.45) is 0 Å². The summed E-state index contributed by atoms with van der Waals surface area (Å²) in [6, 6.07) is 7.13. The van der Waals surface area contributed by atoms with Crippen molar-refractivity contribution in [3.05, 3.63) is 40.9 Å². The van der Waals surface area contributed by atoms with Gasteiger partial charge in [-0.2, -0.15) is 0 Å². The maximum absolute atomic E-state index is 12.1. The maximum Gasteiger partial charge on any atom is 0.323 e. The van der Waals surface area contributed by atoms with Gasteiger partial charge in [0.15, 0.2) is 5.78 Å². The van der Waals surface area contributed by atoms with Crippen LogP contribution in [-0.2, 0) is 14.3 Å². The lowest BCUT2D eigenvalue weighted by Gasteiger charge is -2.33. The van der Waals surface area contributed by atoms with Crippen LogP contribution in [0, 0.1) is 0 Å². The molecule has 1 fully saturated rings. The predicted molar refractivity (Wildman–Crippen MR) is 103 cm³/mol. The average Bonchev–Trinajstić information content (AvgIpc) is 2.60. The summed E-state index contributed by atoms with van der Waals surface area (Å²) >= 11 is 5.84. The molecule has 4 nitrogen and oxygen atoms in total. The molecule has 1 aliphatic rings. The van der Waals surface area contributed by atoms with E-state index in [1.54, 1.807) is 24.3 Å². The topological polar surface area (TPSA) is 46.6 Å². The standard InChI is InChI=1S/C19H24ClNO3.ClH/c1-2-24-19(23)18-5-3-4-13-21(18)14-12-17(22)11-8-15-6-9-16(20)10-7-15;/h6-11,18H,2-5,12-14H2,1H3;1H. The zero-order valence-electron chi connectivity index (χ0n) is 14.4. The number of rotatable bonds is 7. The Labute approximate surface area is 160 Å². The van der Waals surface area contributed by atoms with Crippen molar-refractivity contribution in [1.82, 2.24) is 4.90 Å². The first-order chi connectivity index (χ1) is 11.6. The quantitative estimate of drug-likeness (QED) is 0.522. The summed E-state index contributed by atoms with van der Waals surface area (Å²) in [5, 5.41) is 0.675. The molecular formula is C19H25Cl2NO3. The van der Waals surface area contributed by atoms with E-state index in [9.17, 15) is 9.59 Å². The molecule has 1 heterocycles. The lowest BCUT2D eigenvalue weighted by Crippen LogP contribution is -2.46. The van der Waals surface area contributed by atoms with Gasteiger partial charge in [0.05, 0.1) is 6.61 Å². The third kappa shape index (κ3) is 7.18. The highest BCUT2D eigenvalue weighted by atomic mass is 35.5. The molecule has 1 saturated heterocycles. The number of benzene rings is 1. The van der Waals surface area contributed by atoms with Crippen LogP contribution in [0.1, 0.15) is 38.2 Å². The number of halogens is 2. The van der Waals surface area contributed by atoms with Gasteiger partial charge in [-0.25, -0.2) is 0 Å². The Bertz CT molecular complexity index is 587. The zero-order chi connectivity index (χ0) is 17.4. The number of allylic oxidation sites excluding steroid dienone is 1. The Balaban J connectivity index is 0.00000312. The Morgan fingerprint density at radius 2 is 2.00 bits per heavy atom. The highest BCUT2D eigenvalue weighted by Crippen LogP contribution is 2.18. The maximum atomic E-state index is 12.1. The third-order valence-corrected chi connectivity index (χ3v) is 4.40. The van der Waals surface area contributed by atoms with Gasteiger partial charge in [-0.3, -0.25) is 14.5 Å². The summed E-state index contributed by atoms with van der Waals surface area (Å²) in [6.07, 6.45) is 6.69. The van der Waals surface area contributed by atoms with Crippen molar-refractivity contribution in [1.29, 1.82) is 0 Å². The number of ketones is 1. The lowest BCUT2D eigenvalue weighted by atomic mass is 10.0. The number of hydrogen-bond acceptors (Lipinski definition) is 4. The smallest absolute Gasteiger partial charge is 0.323 e. The van der Waals surface area contributed by atoms with Gasteiger partial charge < -0.3 is 4.74 Å². The van der Waals surface area contributed by atoms with E-state index in [4.69, 9.17) is 16.3 Å². The number of piperidine rings is 1. The molecule has 0 amide bonds. The third-order valence-electron chi connectivity index (χ3n) is 4.15. The summed E-state index contributed by atoms with van der Waals surface area (Å²) < 4.78 is 5.14. The predicted octanol–water partition coefficient (Wildman–Crippen LogP) is 4.15. The van der Waals surface area contributed by atoms with Gasteiger partial charge in [-0.15, -0.1) is 12.4 Å². The van der Waals surface area contributed by atoms with Crippen molar-refractivity contribution in [2.75, 3.05) is 19.7 Å². The van der Waals surface area contributed by atoms with Crippen LogP contribution in [0.3, 0.4) is 0 Å². The van der Waals surface area contributed by atoms with Crippen LogP contribution in [0.15, 0.2) is 30.3 Å². The molecule has 0 bridgehead atoms. The molecule has 0 aliphatic carbocycles. The van der Waals surface area contributed by atoms with E-state index in [1.807, 2.05) is 19.1 Å². The van der Waals surface area contributed by atoms with Gasteiger partial charge in [-0.1, -0.05) is 36.2 Å². The summed E-state index contributed by atoms with van der Waals surface area (Å²) in [4.78, 5) is 26.2. The molecule has 0 aromatic heterocycles. The van der Waals surface area contributed by atoms with E-state index >= 15 is 0 Å². The molecular weight excluding hydrogens is 361 g/mol. The van der Waals surface area contributed by atoms with Gasteiger partial charge in [-0.05, 0) is 50.1 Å². The second-order valence-corrected chi connectivity index (χ2v) is 6.34. The SMILES string of the molecule is CCOC(=O)C1CCCCN1CCC(=O)C=Cc1ccc(Cl)cc1.Cl. The number of hydrogen-bond donors (Lipinski definition) is 0. The summed E-state index contributed by atoms with van der Waals surface area (Å²) in [7, 11) is 0. The molecule has 0 N–H and O–H groups in total. The minimum atomic E-state index is -0.202. The van der Waals surface area contributed by atoms with Gasteiger partial charge in [0.25, 0.3) is 0 Å². The molecule has 1 unspecified atom stereocenters. The summed E-state index contributed by atoms with van der Waals surface area (Å²) in [5.74, 6) is -0.112. The van der Waals surface area contributed by atoms with Gasteiger partial charge >= 0.3 is 5.97 Å². The van der Waals surface area contributed by atoms with Crippen LogP contribution >= 0.6 is 24.0 Å². The number of nitrogens with zero attached hydrogens (tertiary/aromatic N) is 1. The van der Waals surface area contributed by atoms with E-state index in [2.05, 4.69) is 4.90 Å². The summed E-state index contributed by atoms with van der Waals surface area (Å²) in [6.45, 7) is 3.65. The molecule has 2 rings (SSSR count). The van der Waals surface area contributed by atoms with Crippen molar-refractivity contribution in [3.8, 4) is 0 Å². The highest BCUT2D eigenvalue weighted by Gasteiger charge is 2.29. The largest absolute Gasteiger partial charge is 0.465 e. The fraction of sp³-hybridized carbons (Fsp3) is 0.474. The molecule has 6 heteroatoms. The molecule has 1 atom stereocenters. The minimum Gasteiger partial charge on any atom is -0.465 e.